The maximum absolute atomic E-state index is 9.65. The standard InChI is InChI=1S/C13H24O4/c1-9-13(15)11(14)7-12(17-9)16-8-10-5-3-2-4-6-10/h9-15H,2-8H2,1H3/t9-,11-,12-,13-/m1/s1. The lowest BCUT2D eigenvalue weighted by atomic mass is 9.90. The van der Waals surface area contributed by atoms with Crippen LogP contribution in [-0.2, 0) is 9.47 Å². The van der Waals surface area contributed by atoms with Crippen LogP contribution in [0.15, 0.2) is 0 Å². The van der Waals surface area contributed by atoms with E-state index in [-0.39, 0.29) is 12.4 Å². The summed E-state index contributed by atoms with van der Waals surface area (Å²) in [5.74, 6) is 0.645. The van der Waals surface area contributed by atoms with Gasteiger partial charge in [0.05, 0.1) is 18.8 Å². The molecule has 17 heavy (non-hydrogen) atoms. The summed E-state index contributed by atoms with van der Waals surface area (Å²) in [4.78, 5) is 0. The predicted molar refractivity (Wildman–Crippen MR) is 63.5 cm³/mol. The molecule has 1 aliphatic heterocycles. The smallest absolute Gasteiger partial charge is 0.160 e. The molecule has 2 N–H and O–H groups in total. The average molecular weight is 244 g/mol. The largest absolute Gasteiger partial charge is 0.390 e. The summed E-state index contributed by atoms with van der Waals surface area (Å²) in [5.41, 5.74) is 0. The molecule has 1 heterocycles. The second-order valence-corrected chi connectivity index (χ2v) is 5.40. The van der Waals surface area contributed by atoms with Crippen LogP contribution in [0.3, 0.4) is 0 Å². The first-order valence-electron chi connectivity index (χ1n) is 6.80. The summed E-state index contributed by atoms with van der Waals surface area (Å²) in [6.07, 6.45) is 4.59. The molecule has 0 aromatic heterocycles. The van der Waals surface area contributed by atoms with Gasteiger partial charge in [-0.1, -0.05) is 19.3 Å². The quantitative estimate of drug-likeness (QED) is 0.788. The van der Waals surface area contributed by atoms with Crippen molar-refractivity contribution >= 4 is 0 Å². The third-order valence-electron chi connectivity index (χ3n) is 3.92. The van der Waals surface area contributed by atoms with E-state index in [2.05, 4.69) is 0 Å². The Labute approximate surface area is 103 Å². The first-order chi connectivity index (χ1) is 8.16. The van der Waals surface area contributed by atoms with Gasteiger partial charge in [0.15, 0.2) is 6.29 Å². The van der Waals surface area contributed by atoms with Crippen LogP contribution in [0.2, 0.25) is 0 Å². The molecule has 2 aliphatic rings. The van der Waals surface area contributed by atoms with Gasteiger partial charge in [-0.3, -0.25) is 0 Å². The fourth-order valence-electron chi connectivity index (χ4n) is 2.73. The Bertz CT molecular complexity index is 215. The number of ether oxygens (including phenoxy) is 2. The Balaban J connectivity index is 1.71. The van der Waals surface area contributed by atoms with Crippen LogP contribution in [0.1, 0.15) is 45.4 Å². The number of rotatable bonds is 3. The van der Waals surface area contributed by atoms with Gasteiger partial charge in [-0.25, -0.2) is 0 Å². The highest BCUT2D eigenvalue weighted by atomic mass is 16.7. The molecule has 0 radical (unpaired) electrons. The van der Waals surface area contributed by atoms with Gasteiger partial charge < -0.3 is 19.7 Å². The van der Waals surface area contributed by atoms with Gasteiger partial charge in [-0.2, -0.15) is 0 Å². The summed E-state index contributed by atoms with van der Waals surface area (Å²) in [7, 11) is 0. The van der Waals surface area contributed by atoms with Crippen LogP contribution in [0.5, 0.6) is 0 Å². The maximum atomic E-state index is 9.65. The monoisotopic (exact) mass is 244 g/mol. The fourth-order valence-corrected chi connectivity index (χ4v) is 2.73. The van der Waals surface area contributed by atoms with Crippen molar-refractivity contribution in [2.75, 3.05) is 6.61 Å². The van der Waals surface area contributed by atoms with Gasteiger partial charge in [0.25, 0.3) is 0 Å². The molecular formula is C13H24O4. The molecule has 0 bridgehead atoms. The van der Waals surface area contributed by atoms with Gasteiger partial charge in [-0.05, 0) is 25.7 Å². The highest BCUT2D eigenvalue weighted by molar-refractivity contribution is 4.80. The van der Waals surface area contributed by atoms with E-state index < -0.39 is 12.2 Å². The van der Waals surface area contributed by atoms with Crippen molar-refractivity contribution in [3.8, 4) is 0 Å². The predicted octanol–water partition coefficient (Wildman–Crippen LogP) is 1.44. The summed E-state index contributed by atoms with van der Waals surface area (Å²) < 4.78 is 11.2. The van der Waals surface area contributed by atoms with Crippen molar-refractivity contribution in [3.63, 3.8) is 0 Å². The Hall–Kier alpha value is -0.160. The number of hydrogen-bond acceptors (Lipinski definition) is 4. The van der Waals surface area contributed by atoms with Crippen LogP contribution < -0.4 is 0 Å². The zero-order valence-corrected chi connectivity index (χ0v) is 10.5. The Morgan fingerprint density at radius 3 is 2.53 bits per heavy atom. The topological polar surface area (TPSA) is 58.9 Å². The lowest BCUT2D eigenvalue weighted by Gasteiger charge is -2.36. The fraction of sp³-hybridized carbons (Fsp3) is 1.00. The Morgan fingerprint density at radius 2 is 1.88 bits per heavy atom. The van der Waals surface area contributed by atoms with Crippen molar-refractivity contribution < 1.29 is 19.7 Å². The van der Waals surface area contributed by atoms with E-state index in [1.807, 2.05) is 0 Å². The highest BCUT2D eigenvalue weighted by Gasteiger charge is 2.34. The molecule has 1 saturated heterocycles. The minimum atomic E-state index is -0.787. The number of aliphatic hydroxyl groups is 2. The molecule has 1 saturated carbocycles. The number of hydrogen-bond donors (Lipinski definition) is 2. The molecule has 4 nitrogen and oxygen atoms in total. The number of aliphatic hydroxyl groups excluding tert-OH is 2. The zero-order chi connectivity index (χ0) is 12.3. The molecule has 1 aliphatic carbocycles. The molecule has 0 unspecified atom stereocenters. The van der Waals surface area contributed by atoms with Crippen molar-refractivity contribution in [1.82, 2.24) is 0 Å². The van der Waals surface area contributed by atoms with Crippen LogP contribution in [-0.4, -0.2) is 41.4 Å². The van der Waals surface area contributed by atoms with Gasteiger partial charge >= 0.3 is 0 Å². The minimum Gasteiger partial charge on any atom is -0.390 e. The minimum absolute atomic E-state index is 0.352. The van der Waals surface area contributed by atoms with E-state index in [1.54, 1.807) is 6.92 Å². The molecule has 0 spiro atoms. The third kappa shape index (κ3) is 3.65. The molecule has 0 aromatic carbocycles. The lowest BCUT2D eigenvalue weighted by Crippen LogP contribution is -2.47. The third-order valence-corrected chi connectivity index (χ3v) is 3.92. The Kier molecular flexibility index (Phi) is 4.79. The van der Waals surface area contributed by atoms with Gasteiger partial charge in [0.2, 0.25) is 0 Å². The molecule has 2 fully saturated rings. The highest BCUT2D eigenvalue weighted by Crippen LogP contribution is 2.26. The molecule has 0 aromatic rings. The first-order valence-corrected chi connectivity index (χ1v) is 6.80. The molecule has 4 atom stereocenters. The first kappa shape index (κ1) is 13.3. The molecule has 2 rings (SSSR count). The van der Waals surface area contributed by atoms with Crippen molar-refractivity contribution in [1.29, 1.82) is 0 Å². The molecular weight excluding hydrogens is 220 g/mol. The molecule has 100 valence electrons. The van der Waals surface area contributed by atoms with E-state index in [9.17, 15) is 10.2 Å². The average Bonchev–Trinajstić information content (AvgIpc) is 2.34. The van der Waals surface area contributed by atoms with Crippen molar-refractivity contribution in [2.45, 2.75) is 70.1 Å². The summed E-state index contributed by atoms with van der Waals surface area (Å²) >= 11 is 0. The van der Waals surface area contributed by atoms with Crippen molar-refractivity contribution in [2.24, 2.45) is 5.92 Å². The summed E-state index contributed by atoms with van der Waals surface area (Å²) in [6, 6.07) is 0. The van der Waals surface area contributed by atoms with Crippen LogP contribution in [0, 0.1) is 5.92 Å². The Morgan fingerprint density at radius 1 is 1.18 bits per heavy atom. The maximum Gasteiger partial charge on any atom is 0.160 e. The summed E-state index contributed by atoms with van der Waals surface area (Å²) in [5, 5.41) is 19.2. The zero-order valence-electron chi connectivity index (χ0n) is 10.5. The van der Waals surface area contributed by atoms with Gasteiger partial charge in [0.1, 0.15) is 6.10 Å². The normalized spacial score (nSPS) is 40.4. The van der Waals surface area contributed by atoms with E-state index in [0.717, 1.165) is 6.61 Å². The van der Waals surface area contributed by atoms with Crippen molar-refractivity contribution in [3.05, 3.63) is 0 Å². The second-order valence-electron chi connectivity index (χ2n) is 5.40. The van der Waals surface area contributed by atoms with Gasteiger partial charge in [0, 0.05) is 6.42 Å². The van der Waals surface area contributed by atoms with Crippen LogP contribution in [0.25, 0.3) is 0 Å². The van der Waals surface area contributed by atoms with E-state index in [4.69, 9.17) is 9.47 Å². The van der Waals surface area contributed by atoms with Crippen LogP contribution >= 0.6 is 0 Å². The van der Waals surface area contributed by atoms with E-state index in [1.165, 1.54) is 32.1 Å². The summed E-state index contributed by atoms with van der Waals surface area (Å²) in [6.45, 7) is 2.49. The molecule has 4 heteroatoms. The van der Waals surface area contributed by atoms with E-state index >= 15 is 0 Å². The SMILES string of the molecule is C[C@H]1O[C@@H](OCC2CCCCC2)C[C@@H](O)[C@@H]1O. The second kappa shape index (κ2) is 6.14. The van der Waals surface area contributed by atoms with Gasteiger partial charge in [-0.15, -0.1) is 0 Å². The lowest BCUT2D eigenvalue weighted by molar-refractivity contribution is -0.249. The van der Waals surface area contributed by atoms with E-state index in [0.29, 0.717) is 12.3 Å². The molecule has 0 amide bonds. The van der Waals surface area contributed by atoms with Crippen LogP contribution in [0.4, 0.5) is 0 Å².